The number of hydrogen-bond acceptors (Lipinski definition) is 3. The molecule has 1 atom stereocenters. The second-order valence-corrected chi connectivity index (χ2v) is 5.22. The van der Waals surface area contributed by atoms with E-state index in [2.05, 4.69) is 5.32 Å². The van der Waals surface area contributed by atoms with Gasteiger partial charge in [-0.05, 0) is 38.5 Å². The van der Waals surface area contributed by atoms with E-state index < -0.39 is 5.54 Å². The first-order chi connectivity index (χ1) is 8.97. The van der Waals surface area contributed by atoms with Crippen LogP contribution < -0.4 is 11.1 Å². The Labute approximate surface area is 113 Å². The van der Waals surface area contributed by atoms with Crippen LogP contribution >= 0.6 is 0 Å². The van der Waals surface area contributed by atoms with Crippen molar-refractivity contribution in [3.05, 3.63) is 35.6 Å². The van der Waals surface area contributed by atoms with Crippen molar-refractivity contribution in [2.75, 3.05) is 6.54 Å². The lowest BCUT2D eigenvalue weighted by Crippen LogP contribution is -2.50. The first-order valence-corrected chi connectivity index (χ1v) is 6.50. The molecule has 0 aliphatic carbocycles. The van der Waals surface area contributed by atoms with E-state index in [0.717, 1.165) is 23.0 Å². The molecule has 1 aromatic heterocycles. The highest BCUT2D eigenvalue weighted by Gasteiger charge is 2.24. The molecule has 0 aliphatic rings. The van der Waals surface area contributed by atoms with E-state index in [-0.39, 0.29) is 5.91 Å². The molecule has 1 unspecified atom stereocenters. The summed E-state index contributed by atoms with van der Waals surface area (Å²) in [5.41, 5.74) is 7.16. The SMILES string of the molecule is CCC(C)(CN)NC(=O)c1cc2cc(C)ccc2o1. The largest absolute Gasteiger partial charge is 0.451 e. The average Bonchev–Trinajstić information content (AvgIpc) is 2.81. The first kappa shape index (κ1) is 13.6. The second-order valence-electron chi connectivity index (χ2n) is 5.22. The molecule has 0 spiro atoms. The topological polar surface area (TPSA) is 68.3 Å². The van der Waals surface area contributed by atoms with Gasteiger partial charge in [0.15, 0.2) is 5.76 Å². The highest BCUT2D eigenvalue weighted by Crippen LogP contribution is 2.21. The van der Waals surface area contributed by atoms with Crippen LogP contribution in [0.25, 0.3) is 11.0 Å². The number of amides is 1. The van der Waals surface area contributed by atoms with Crippen LogP contribution in [0.2, 0.25) is 0 Å². The summed E-state index contributed by atoms with van der Waals surface area (Å²) in [6.45, 7) is 6.33. The van der Waals surface area contributed by atoms with Gasteiger partial charge in [0.05, 0.1) is 0 Å². The maximum atomic E-state index is 12.2. The number of nitrogens with two attached hydrogens (primary N) is 1. The molecule has 0 saturated carbocycles. The van der Waals surface area contributed by atoms with E-state index in [1.807, 2.05) is 39.0 Å². The molecule has 0 saturated heterocycles. The quantitative estimate of drug-likeness (QED) is 0.887. The van der Waals surface area contributed by atoms with Gasteiger partial charge in [0.1, 0.15) is 5.58 Å². The molecule has 1 amide bonds. The Morgan fingerprint density at radius 1 is 1.42 bits per heavy atom. The van der Waals surface area contributed by atoms with Crippen LogP contribution in [0.4, 0.5) is 0 Å². The number of nitrogens with one attached hydrogen (secondary N) is 1. The standard InChI is InChI=1S/C15H20N2O2/c1-4-15(3,9-16)17-14(18)13-8-11-7-10(2)5-6-12(11)19-13/h5-8H,4,9,16H2,1-3H3,(H,17,18). The lowest BCUT2D eigenvalue weighted by molar-refractivity contribution is 0.0880. The van der Waals surface area contributed by atoms with Crippen LogP contribution in [0.1, 0.15) is 36.4 Å². The van der Waals surface area contributed by atoms with Crippen molar-refractivity contribution in [1.29, 1.82) is 0 Å². The van der Waals surface area contributed by atoms with E-state index in [0.29, 0.717) is 12.3 Å². The zero-order valence-electron chi connectivity index (χ0n) is 11.6. The van der Waals surface area contributed by atoms with E-state index >= 15 is 0 Å². The van der Waals surface area contributed by atoms with Gasteiger partial charge in [-0.1, -0.05) is 18.6 Å². The Morgan fingerprint density at radius 2 is 2.16 bits per heavy atom. The van der Waals surface area contributed by atoms with Crippen LogP contribution in [-0.2, 0) is 0 Å². The molecule has 3 N–H and O–H groups in total. The minimum atomic E-state index is -0.397. The number of fused-ring (bicyclic) bond motifs is 1. The minimum Gasteiger partial charge on any atom is -0.451 e. The zero-order valence-corrected chi connectivity index (χ0v) is 11.6. The van der Waals surface area contributed by atoms with Crippen molar-refractivity contribution in [3.63, 3.8) is 0 Å². The number of hydrogen-bond donors (Lipinski definition) is 2. The van der Waals surface area contributed by atoms with Crippen molar-refractivity contribution >= 4 is 16.9 Å². The van der Waals surface area contributed by atoms with Crippen LogP contribution in [0.5, 0.6) is 0 Å². The third kappa shape index (κ3) is 2.79. The van der Waals surface area contributed by atoms with Crippen LogP contribution in [0, 0.1) is 6.92 Å². The molecule has 102 valence electrons. The molecule has 19 heavy (non-hydrogen) atoms. The Bertz CT molecular complexity index is 597. The lowest BCUT2D eigenvalue weighted by atomic mass is 9.99. The maximum absolute atomic E-state index is 12.2. The molecule has 2 aromatic rings. The van der Waals surface area contributed by atoms with E-state index in [9.17, 15) is 4.79 Å². The van der Waals surface area contributed by atoms with E-state index in [1.54, 1.807) is 6.07 Å². The number of carbonyl (C=O) groups is 1. The number of benzene rings is 1. The maximum Gasteiger partial charge on any atom is 0.287 e. The Kier molecular flexibility index (Phi) is 3.62. The summed E-state index contributed by atoms with van der Waals surface area (Å²) < 4.78 is 5.57. The average molecular weight is 260 g/mol. The molecule has 0 bridgehead atoms. The Morgan fingerprint density at radius 3 is 2.79 bits per heavy atom. The van der Waals surface area contributed by atoms with Crippen LogP contribution in [0.15, 0.2) is 28.7 Å². The normalized spacial score (nSPS) is 14.3. The molecule has 1 heterocycles. The minimum absolute atomic E-state index is 0.219. The van der Waals surface area contributed by atoms with Crippen molar-refractivity contribution < 1.29 is 9.21 Å². The molecule has 0 radical (unpaired) electrons. The molecule has 4 heteroatoms. The van der Waals surface area contributed by atoms with Gasteiger partial charge < -0.3 is 15.5 Å². The predicted octanol–water partition coefficient (Wildman–Crippen LogP) is 2.60. The highest BCUT2D eigenvalue weighted by atomic mass is 16.3. The number of aryl methyl sites for hydroxylation is 1. The Balaban J connectivity index is 2.27. The predicted molar refractivity (Wildman–Crippen MR) is 76.2 cm³/mol. The first-order valence-electron chi connectivity index (χ1n) is 6.50. The number of rotatable bonds is 4. The third-order valence-corrected chi connectivity index (χ3v) is 3.54. The van der Waals surface area contributed by atoms with Gasteiger partial charge in [-0.25, -0.2) is 0 Å². The summed E-state index contributed by atoms with van der Waals surface area (Å²) in [5.74, 6) is 0.109. The van der Waals surface area contributed by atoms with Gasteiger partial charge in [0.2, 0.25) is 0 Å². The molecular formula is C15H20N2O2. The van der Waals surface area contributed by atoms with Crippen LogP contribution in [0.3, 0.4) is 0 Å². The fourth-order valence-electron chi connectivity index (χ4n) is 1.89. The number of carbonyl (C=O) groups excluding carboxylic acids is 1. The van der Waals surface area contributed by atoms with Gasteiger partial charge in [0, 0.05) is 17.5 Å². The van der Waals surface area contributed by atoms with Crippen molar-refractivity contribution in [1.82, 2.24) is 5.32 Å². The second kappa shape index (κ2) is 5.05. The van der Waals surface area contributed by atoms with E-state index in [1.165, 1.54) is 0 Å². The van der Waals surface area contributed by atoms with Gasteiger partial charge in [-0.3, -0.25) is 4.79 Å². The summed E-state index contributed by atoms with van der Waals surface area (Å²) in [4.78, 5) is 12.2. The molecule has 2 rings (SSSR count). The number of furan rings is 1. The zero-order chi connectivity index (χ0) is 14.0. The van der Waals surface area contributed by atoms with Gasteiger partial charge in [-0.15, -0.1) is 0 Å². The fourth-order valence-corrected chi connectivity index (χ4v) is 1.89. The monoisotopic (exact) mass is 260 g/mol. The summed E-state index contributed by atoms with van der Waals surface area (Å²) in [7, 11) is 0. The fraction of sp³-hybridized carbons (Fsp3) is 0.400. The molecule has 0 aliphatic heterocycles. The van der Waals surface area contributed by atoms with Crippen molar-refractivity contribution in [2.24, 2.45) is 5.73 Å². The third-order valence-electron chi connectivity index (χ3n) is 3.54. The smallest absolute Gasteiger partial charge is 0.287 e. The Hall–Kier alpha value is -1.81. The van der Waals surface area contributed by atoms with Gasteiger partial charge in [0.25, 0.3) is 5.91 Å². The molecular weight excluding hydrogens is 240 g/mol. The van der Waals surface area contributed by atoms with E-state index in [4.69, 9.17) is 10.2 Å². The van der Waals surface area contributed by atoms with Gasteiger partial charge in [-0.2, -0.15) is 0 Å². The molecule has 0 fully saturated rings. The molecule has 4 nitrogen and oxygen atoms in total. The summed E-state index contributed by atoms with van der Waals surface area (Å²) in [6, 6.07) is 7.61. The highest BCUT2D eigenvalue weighted by molar-refractivity contribution is 5.96. The van der Waals surface area contributed by atoms with Gasteiger partial charge >= 0.3 is 0 Å². The summed E-state index contributed by atoms with van der Waals surface area (Å²) in [5, 5.41) is 3.87. The lowest BCUT2D eigenvalue weighted by Gasteiger charge is -2.27. The molecule has 1 aromatic carbocycles. The summed E-state index contributed by atoms with van der Waals surface area (Å²) in [6.07, 6.45) is 0.772. The van der Waals surface area contributed by atoms with Crippen LogP contribution in [-0.4, -0.2) is 18.0 Å². The van der Waals surface area contributed by atoms with Crippen molar-refractivity contribution in [2.45, 2.75) is 32.7 Å². The summed E-state index contributed by atoms with van der Waals surface area (Å²) >= 11 is 0. The van der Waals surface area contributed by atoms with Crippen molar-refractivity contribution in [3.8, 4) is 0 Å².